The molecule has 1 atom stereocenters. The zero-order valence-corrected chi connectivity index (χ0v) is 20.8. The molecule has 3 aromatic carbocycles. The van der Waals surface area contributed by atoms with Crippen LogP contribution in [0.25, 0.3) is 22.0 Å². The molecule has 1 aliphatic rings. The lowest BCUT2D eigenvalue weighted by molar-refractivity contribution is 0.0690. The molecule has 37 heavy (non-hydrogen) atoms. The number of carbonyl (C=O) groups is 1. The van der Waals surface area contributed by atoms with Crippen LogP contribution in [0.2, 0.25) is 0 Å². The van der Waals surface area contributed by atoms with Gasteiger partial charge in [0.15, 0.2) is 0 Å². The second kappa shape index (κ2) is 10.2. The molecule has 2 heterocycles. The summed E-state index contributed by atoms with van der Waals surface area (Å²) in [4.78, 5) is 25.8. The third kappa shape index (κ3) is 4.87. The minimum Gasteiger partial charge on any atom is -0.478 e. The number of benzene rings is 3. The number of aromatic carboxylic acids is 1. The molecule has 1 aliphatic heterocycles. The van der Waals surface area contributed by atoms with Crippen LogP contribution in [0.3, 0.4) is 0 Å². The number of aromatic nitrogens is 1. The van der Waals surface area contributed by atoms with Crippen LogP contribution in [0.15, 0.2) is 71.5 Å². The summed E-state index contributed by atoms with van der Waals surface area (Å²) in [6, 6.07) is 18.6. The van der Waals surface area contributed by atoms with E-state index in [0.717, 1.165) is 40.6 Å². The van der Waals surface area contributed by atoms with E-state index in [9.17, 15) is 19.1 Å². The second-order valence-corrected chi connectivity index (χ2v) is 9.59. The molecule has 0 radical (unpaired) electrons. The Balaban J connectivity index is 1.71. The van der Waals surface area contributed by atoms with Crippen molar-refractivity contribution in [2.45, 2.75) is 38.8 Å². The van der Waals surface area contributed by atoms with Crippen LogP contribution in [0.4, 0.5) is 10.1 Å². The lowest BCUT2D eigenvalue weighted by atomic mass is 9.94. The number of aryl methyl sites for hydroxylation is 1. The maximum atomic E-state index is 14.1. The number of para-hydroxylation sites is 1. The van der Waals surface area contributed by atoms with E-state index < -0.39 is 5.97 Å². The number of fused-ring (bicyclic) bond motifs is 1. The van der Waals surface area contributed by atoms with Gasteiger partial charge in [-0.15, -0.1) is 0 Å². The Morgan fingerprint density at radius 3 is 2.46 bits per heavy atom. The highest BCUT2D eigenvalue weighted by molar-refractivity contribution is 5.94. The molecule has 6 nitrogen and oxygen atoms in total. The van der Waals surface area contributed by atoms with Crippen molar-refractivity contribution in [2.75, 3.05) is 18.5 Å². The molecule has 2 N–H and O–H groups in total. The van der Waals surface area contributed by atoms with Crippen LogP contribution in [0.1, 0.15) is 53.3 Å². The monoisotopic (exact) mass is 500 g/mol. The summed E-state index contributed by atoms with van der Waals surface area (Å²) in [5, 5.41) is 14.3. The molecule has 0 aliphatic carbocycles. The molecule has 5 rings (SSSR count). The Labute approximate surface area is 214 Å². The molecule has 1 aromatic heterocycles. The van der Waals surface area contributed by atoms with Gasteiger partial charge in [-0.2, -0.15) is 0 Å². The van der Waals surface area contributed by atoms with Crippen LogP contribution in [-0.4, -0.2) is 28.9 Å². The van der Waals surface area contributed by atoms with Gasteiger partial charge in [0, 0.05) is 36.4 Å². The summed E-state index contributed by atoms with van der Waals surface area (Å²) < 4.78 is 21.2. The van der Waals surface area contributed by atoms with Gasteiger partial charge in [-0.25, -0.2) is 9.18 Å². The first-order chi connectivity index (χ1) is 17.8. The Bertz CT molecular complexity index is 1520. The summed E-state index contributed by atoms with van der Waals surface area (Å²) >= 11 is 0. The van der Waals surface area contributed by atoms with E-state index in [1.54, 1.807) is 36.4 Å². The number of carboxylic acid groups (broad SMARTS) is 1. The van der Waals surface area contributed by atoms with Crippen molar-refractivity contribution in [2.24, 2.45) is 0 Å². The van der Waals surface area contributed by atoms with Gasteiger partial charge in [-0.05, 0) is 97.3 Å². The van der Waals surface area contributed by atoms with Gasteiger partial charge in [-0.1, -0.05) is 18.2 Å². The number of hydrogen-bond acceptors (Lipinski definition) is 4. The van der Waals surface area contributed by atoms with Crippen molar-refractivity contribution >= 4 is 22.4 Å². The largest absolute Gasteiger partial charge is 0.478 e. The van der Waals surface area contributed by atoms with Crippen LogP contribution < -0.4 is 10.9 Å². The highest BCUT2D eigenvalue weighted by Gasteiger charge is 2.24. The van der Waals surface area contributed by atoms with E-state index in [1.165, 1.54) is 12.1 Å². The number of pyridine rings is 1. The summed E-state index contributed by atoms with van der Waals surface area (Å²) in [6.45, 7) is 5.07. The molecule has 0 bridgehead atoms. The summed E-state index contributed by atoms with van der Waals surface area (Å²) in [5.74, 6) is -1.35. The number of nitrogens with one attached hydrogen (secondary N) is 1. The number of anilines is 1. The SMILES string of the molecule is Cc1cc(C(C)Nc2ccccc2C(=O)O)c2cc(-c3ccc(F)cc3)n(C3CCOCC3)c(=O)c2c1. The summed E-state index contributed by atoms with van der Waals surface area (Å²) in [6.07, 6.45) is 1.45. The maximum absolute atomic E-state index is 14.1. The maximum Gasteiger partial charge on any atom is 0.337 e. The number of ether oxygens (including phenoxy) is 1. The van der Waals surface area contributed by atoms with Crippen molar-refractivity contribution in [3.63, 3.8) is 0 Å². The van der Waals surface area contributed by atoms with Gasteiger partial charge < -0.3 is 19.7 Å². The van der Waals surface area contributed by atoms with Crippen molar-refractivity contribution in [1.82, 2.24) is 4.57 Å². The summed E-state index contributed by atoms with van der Waals surface area (Å²) in [5.41, 5.74) is 3.91. The minimum absolute atomic E-state index is 0.0207. The quantitative estimate of drug-likeness (QED) is 0.323. The molecule has 1 unspecified atom stereocenters. The van der Waals surface area contributed by atoms with Crippen molar-refractivity contribution in [3.8, 4) is 11.3 Å². The van der Waals surface area contributed by atoms with Gasteiger partial charge in [0.1, 0.15) is 5.82 Å². The average molecular weight is 501 g/mol. The minimum atomic E-state index is -1.01. The zero-order chi connectivity index (χ0) is 26.1. The molecule has 7 heteroatoms. The second-order valence-electron chi connectivity index (χ2n) is 9.59. The molecule has 1 saturated heterocycles. The van der Waals surface area contributed by atoms with E-state index in [-0.39, 0.29) is 29.0 Å². The molecule has 0 saturated carbocycles. The summed E-state index contributed by atoms with van der Waals surface area (Å²) in [7, 11) is 0. The fourth-order valence-electron chi connectivity index (χ4n) is 5.22. The predicted molar refractivity (Wildman–Crippen MR) is 143 cm³/mol. The van der Waals surface area contributed by atoms with Crippen LogP contribution in [0.5, 0.6) is 0 Å². The first-order valence-corrected chi connectivity index (χ1v) is 12.5. The molecule has 4 aromatic rings. The lowest BCUT2D eigenvalue weighted by Crippen LogP contribution is -2.30. The van der Waals surface area contributed by atoms with Crippen molar-refractivity contribution < 1.29 is 19.0 Å². The van der Waals surface area contributed by atoms with Crippen molar-refractivity contribution in [1.29, 1.82) is 0 Å². The van der Waals surface area contributed by atoms with E-state index >= 15 is 0 Å². The standard InChI is InChI=1S/C30H29FN2O4/c1-18-15-24(19(2)32-27-6-4-3-5-23(27)30(35)36)25-17-28(20-7-9-21(31)10-8-20)33(29(34)26(25)16-18)22-11-13-37-14-12-22/h3-10,15-17,19,22,32H,11-14H2,1-2H3,(H,35,36). The predicted octanol–water partition coefficient (Wildman–Crippen LogP) is 6.34. The third-order valence-electron chi connectivity index (χ3n) is 7.04. The van der Waals surface area contributed by atoms with Gasteiger partial charge in [0.2, 0.25) is 0 Å². The van der Waals surface area contributed by atoms with Crippen LogP contribution in [0, 0.1) is 12.7 Å². The van der Waals surface area contributed by atoms with E-state index in [0.29, 0.717) is 24.3 Å². The molecule has 1 fully saturated rings. The molecule has 0 amide bonds. The fourth-order valence-corrected chi connectivity index (χ4v) is 5.22. The lowest BCUT2D eigenvalue weighted by Gasteiger charge is -2.28. The first-order valence-electron chi connectivity index (χ1n) is 12.5. The molecule has 0 spiro atoms. The Kier molecular flexibility index (Phi) is 6.80. The number of halogens is 1. The van der Waals surface area contributed by atoms with Gasteiger partial charge in [-0.3, -0.25) is 4.79 Å². The van der Waals surface area contributed by atoms with Crippen LogP contribution >= 0.6 is 0 Å². The molecular formula is C30H29FN2O4. The number of rotatable bonds is 6. The van der Waals surface area contributed by atoms with Gasteiger partial charge >= 0.3 is 5.97 Å². The Morgan fingerprint density at radius 1 is 1.05 bits per heavy atom. The first kappa shape index (κ1) is 24.7. The number of hydrogen-bond donors (Lipinski definition) is 2. The smallest absolute Gasteiger partial charge is 0.337 e. The van der Waals surface area contributed by atoms with Gasteiger partial charge in [0.05, 0.1) is 11.3 Å². The normalized spacial score (nSPS) is 15.0. The molecular weight excluding hydrogens is 471 g/mol. The Hall–Kier alpha value is -3.97. The number of nitrogens with zero attached hydrogens (tertiary/aromatic N) is 1. The van der Waals surface area contributed by atoms with E-state index in [2.05, 4.69) is 5.32 Å². The van der Waals surface area contributed by atoms with Gasteiger partial charge in [0.25, 0.3) is 5.56 Å². The highest BCUT2D eigenvalue weighted by atomic mass is 19.1. The van der Waals surface area contributed by atoms with Crippen molar-refractivity contribution in [3.05, 3.63) is 99.6 Å². The van der Waals surface area contributed by atoms with E-state index in [4.69, 9.17) is 4.74 Å². The highest BCUT2D eigenvalue weighted by Crippen LogP contribution is 2.34. The zero-order valence-electron chi connectivity index (χ0n) is 20.8. The topological polar surface area (TPSA) is 80.6 Å². The Morgan fingerprint density at radius 2 is 1.76 bits per heavy atom. The third-order valence-corrected chi connectivity index (χ3v) is 7.04. The fraction of sp³-hybridized carbons (Fsp3) is 0.267. The molecule has 190 valence electrons. The van der Waals surface area contributed by atoms with E-state index in [1.807, 2.05) is 36.6 Å². The average Bonchev–Trinajstić information content (AvgIpc) is 2.89. The van der Waals surface area contributed by atoms with Crippen LogP contribution in [-0.2, 0) is 4.74 Å². The number of carboxylic acids is 1.